The third-order valence-electron chi connectivity index (χ3n) is 5.83. The normalized spacial score (nSPS) is 23.3. The maximum Gasteiger partial charge on any atom is 0.250 e. The molecule has 2 aliphatic rings. The Morgan fingerprint density at radius 2 is 1.86 bits per heavy atom. The van der Waals surface area contributed by atoms with Crippen LogP contribution in [0.5, 0.6) is 0 Å². The zero-order chi connectivity index (χ0) is 20.9. The summed E-state index contributed by atoms with van der Waals surface area (Å²) in [6, 6.07) is 9.00. The first-order chi connectivity index (χ1) is 13.7. The van der Waals surface area contributed by atoms with Crippen LogP contribution in [0.2, 0.25) is 5.02 Å². The predicted molar refractivity (Wildman–Crippen MR) is 117 cm³/mol. The minimum absolute atomic E-state index is 0.464. The van der Waals surface area contributed by atoms with Crippen LogP contribution in [0, 0.1) is 6.92 Å². The molecule has 0 radical (unpaired) electrons. The van der Waals surface area contributed by atoms with Crippen LogP contribution in [-0.2, 0) is 32.1 Å². The third-order valence-corrected chi connectivity index (χ3v) is 8.34. The summed E-state index contributed by atoms with van der Waals surface area (Å²) in [5, 5.41) is 3.33. The Labute approximate surface area is 176 Å². The van der Waals surface area contributed by atoms with Gasteiger partial charge in [0.1, 0.15) is 5.92 Å². The molecule has 0 saturated heterocycles. The summed E-state index contributed by atoms with van der Waals surface area (Å²) in [5.74, 6) is 1.79. The second-order valence-corrected chi connectivity index (χ2v) is 10.4. The second-order valence-electron chi connectivity index (χ2n) is 7.73. The molecule has 2 amide bonds. The smallest absolute Gasteiger partial charge is 0.250 e. The molecule has 0 spiro atoms. The number of nitrogens with one attached hydrogen (secondary N) is 1. The first-order valence-electron chi connectivity index (χ1n) is 9.58. The van der Waals surface area contributed by atoms with Gasteiger partial charge in [-0.1, -0.05) is 23.7 Å². The number of nitrogens with zero attached hydrogens (tertiary/aromatic N) is 1. The zero-order valence-corrected chi connectivity index (χ0v) is 18.0. The highest BCUT2D eigenvalue weighted by Crippen LogP contribution is 2.38. The molecule has 4 rings (SSSR count). The van der Waals surface area contributed by atoms with Crippen LogP contribution in [0.1, 0.15) is 41.0 Å². The van der Waals surface area contributed by atoms with Gasteiger partial charge in [-0.15, -0.1) is 0 Å². The topological polar surface area (TPSA) is 66.5 Å². The van der Waals surface area contributed by atoms with Gasteiger partial charge in [-0.3, -0.25) is 13.9 Å². The van der Waals surface area contributed by atoms with Crippen LogP contribution in [0.3, 0.4) is 0 Å². The number of aryl methyl sites for hydroxylation is 3. The molecule has 0 bridgehead atoms. The van der Waals surface area contributed by atoms with E-state index in [-0.39, 0.29) is 0 Å². The Balaban J connectivity index is 1.79. The molecular formula is C22H23ClN2O3S. The van der Waals surface area contributed by atoms with Crippen molar-refractivity contribution in [3.05, 3.63) is 57.6 Å². The maximum atomic E-state index is 13.3. The lowest BCUT2D eigenvalue weighted by Gasteiger charge is -2.35. The monoisotopic (exact) mass is 430 g/mol. The van der Waals surface area contributed by atoms with Gasteiger partial charge in [0, 0.05) is 17.8 Å². The number of benzene rings is 2. The Morgan fingerprint density at radius 1 is 1.21 bits per heavy atom. The largest absolute Gasteiger partial charge is 0.325 e. The molecule has 1 aliphatic heterocycles. The number of likely N-dealkylation sites (N-methyl/N-ethyl adjacent to an activating group) is 1. The molecule has 2 aromatic carbocycles. The van der Waals surface area contributed by atoms with Crippen molar-refractivity contribution < 1.29 is 13.8 Å². The molecule has 0 saturated carbocycles. The summed E-state index contributed by atoms with van der Waals surface area (Å²) in [7, 11) is -1.52. The van der Waals surface area contributed by atoms with E-state index < -0.39 is 27.4 Å². The van der Waals surface area contributed by atoms with E-state index in [2.05, 4.69) is 11.2 Å². The summed E-state index contributed by atoms with van der Waals surface area (Å²) in [4.78, 5) is 26.7. The van der Waals surface area contributed by atoms with E-state index in [0.29, 0.717) is 21.2 Å². The van der Waals surface area contributed by atoms with Crippen LogP contribution >= 0.6 is 11.6 Å². The molecule has 0 fully saturated rings. The average molecular weight is 431 g/mol. The van der Waals surface area contributed by atoms with Gasteiger partial charge in [0.15, 0.2) is 0 Å². The van der Waals surface area contributed by atoms with E-state index in [1.165, 1.54) is 7.05 Å². The van der Waals surface area contributed by atoms with Crippen LogP contribution in [0.15, 0.2) is 35.2 Å². The minimum Gasteiger partial charge on any atom is -0.325 e. The van der Waals surface area contributed by atoms with Gasteiger partial charge >= 0.3 is 0 Å². The van der Waals surface area contributed by atoms with E-state index >= 15 is 0 Å². The van der Waals surface area contributed by atoms with Crippen molar-refractivity contribution in [1.29, 1.82) is 0 Å². The van der Waals surface area contributed by atoms with Gasteiger partial charge < -0.3 is 5.32 Å². The minimum atomic E-state index is -2.97. The van der Waals surface area contributed by atoms with Crippen LogP contribution < -0.4 is 5.32 Å². The van der Waals surface area contributed by atoms with Crippen molar-refractivity contribution in [1.82, 2.24) is 4.31 Å². The van der Waals surface area contributed by atoms with Crippen LogP contribution in [0.25, 0.3) is 0 Å². The van der Waals surface area contributed by atoms with Gasteiger partial charge in [-0.2, -0.15) is 0 Å². The summed E-state index contributed by atoms with van der Waals surface area (Å²) >= 11 is 6.16. The average Bonchev–Trinajstić information content (AvgIpc) is 2.68. The Morgan fingerprint density at radius 3 is 2.52 bits per heavy atom. The Kier molecular flexibility index (Phi) is 4.95. The van der Waals surface area contributed by atoms with Crippen molar-refractivity contribution in [3.8, 4) is 0 Å². The quantitative estimate of drug-likeness (QED) is 0.583. The van der Waals surface area contributed by atoms with E-state index in [9.17, 15) is 13.8 Å². The number of rotatable bonds is 2. The van der Waals surface area contributed by atoms with Crippen molar-refractivity contribution in [2.75, 3.05) is 12.4 Å². The second kappa shape index (κ2) is 7.18. The molecule has 152 valence electrons. The summed E-state index contributed by atoms with van der Waals surface area (Å²) in [6.45, 7) is 1.87. The predicted octanol–water partition coefficient (Wildman–Crippen LogP) is 3.71. The van der Waals surface area contributed by atoms with E-state index in [1.54, 1.807) is 18.2 Å². The molecule has 5 nitrogen and oxygen atoms in total. The molecule has 0 aromatic heterocycles. The van der Waals surface area contributed by atoms with Crippen molar-refractivity contribution in [3.63, 3.8) is 0 Å². The molecule has 2 atom stereocenters. The molecule has 2 unspecified atom stereocenters. The first-order valence-corrected chi connectivity index (χ1v) is 11.6. The lowest BCUT2D eigenvalue weighted by atomic mass is 9.86. The van der Waals surface area contributed by atoms with Gasteiger partial charge in [0.2, 0.25) is 5.91 Å². The highest BCUT2D eigenvalue weighted by molar-refractivity contribution is 7.98. The van der Waals surface area contributed by atoms with Crippen LogP contribution in [-0.4, -0.2) is 33.2 Å². The van der Waals surface area contributed by atoms with Gasteiger partial charge in [-0.05, 0) is 78.9 Å². The van der Waals surface area contributed by atoms with E-state index in [4.69, 9.17) is 11.6 Å². The Bertz CT molecular complexity index is 1140. The molecule has 7 heteroatoms. The number of carbonyl (C=O) groups is 2. The maximum absolute atomic E-state index is 13.3. The molecule has 2 aromatic rings. The molecule has 1 N–H and O–H groups in total. The fraction of sp³-hybridized carbons (Fsp3) is 0.318. The van der Waals surface area contributed by atoms with Crippen molar-refractivity contribution in [2.45, 2.75) is 43.4 Å². The van der Waals surface area contributed by atoms with Crippen molar-refractivity contribution >= 4 is 44.7 Å². The lowest BCUT2D eigenvalue weighted by molar-refractivity contribution is -0.132. The van der Waals surface area contributed by atoms with Crippen LogP contribution in [0.4, 0.5) is 5.69 Å². The summed E-state index contributed by atoms with van der Waals surface area (Å²) in [5.41, 5.74) is 4.18. The standard InChI is InChI=1S/C22H23ClN2O3S/c1-13-8-9-16(12-18(13)23)24-21(26)20-17-10-14-6-4-5-7-15(14)11-19(17)29(3,28)25(2)22(20)27/h8-12,20H,3-7H2,1-2H3,(H,24,26). The third kappa shape index (κ3) is 3.34. The number of halogens is 1. The molecule has 29 heavy (non-hydrogen) atoms. The number of carbonyl (C=O) groups excluding carboxylic acids is 2. The fourth-order valence-corrected chi connectivity index (χ4v) is 5.77. The summed E-state index contributed by atoms with van der Waals surface area (Å²) in [6.07, 6.45) is 3.95. The molecular weight excluding hydrogens is 408 g/mol. The van der Waals surface area contributed by atoms with Crippen molar-refractivity contribution in [2.24, 2.45) is 0 Å². The number of hydrogen-bond donors (Lipinski definition) is 1. The zero-order valence-electron chi connectivity index (χ0n) is 16.5. The summed E-state index contributed by atoms with van der Waals surface area (Å²) < 4.78 is 14.4. The number of hydrogen-bond acceptors (Lipinski definition) is 3. The Hall–Kier alpha value is -2.31. The number of fused-ring (bicyclic) bond motifs is 2. The van der Waals surface area contributed by atoms with E-state index in [0.717, 1.165) is 46.7 Å². The highest BCUT2D eigenvalue weighted by atomic mass is 35.5. The lowest BCUT2D eigenvalue weighted by Crippen LogP contribution is -2.45. The van der Waals surface area contributed by atoms with Gasteiger partial charge in [-0.25, -0.2) is 4.21 Å². The highest BCUT2D eigenvalue weighted by Gasteiger charge is 2.42. The first kappa shape index (κ1) is 20.0. The van der Waals surface area contributed by atoms with Gasteiger partial charge in [0.05, 0.1) is 14.6 Å². The number of amides is 2. The van der Waals surface area contributed by atoms with Gasteiger partial charge in [0.25, 0.3) is 5.91 Å². The SMILES string of the molecule is C=S1(=O)c2cc3c(cc2C(C(=O)Nc2ccc(C)c(Cl)c2)C(=O)N1C)CCCC3. The van der Waals surface area contributed by atoms with E-state index in [1.807, 2.05) is 19.1 Å². The fourth-order valence-electron chi connectivity index (χ4n) is 4.03. The molecule has 1 aliphatic carbocycles. The number of anilines is 1. The molecule has 1 heterocycles.